The van der Waals surface area contributed by atoms with E-state index < -0.39 is 215 Å². The summed E-state index contributed by atoms with van der Waals surface area (Å²) in [5.74, 6) is -7.38. The third kappa shape index (κ3) is 20.6. The van der Waals surface area contributed by atoms with Crippen LogP contribution in [0.3, 0.4) is 0 Å². The van der Waals surface area contributed by atoms with E-state index in [1.807, 2.05) is 0 Å². The van der Waals surface area contributed by atoms with Gasteiger partial charge in [0.15, 0.2) is 61.8 Å². The molecule has 0 aromatic heterocycles. The van der Waals surface area contributed by atoms with Gasteiger partial charge in [-0.2, -0.15) is 0 Å². The van der Waals surface area contributed by atoms with Crippen molar-refractivity contribution in [2.75, 3.05) is 19.7 Å². The summed E-state index contributed by atoms with van der Waals surface area (Å²) in [7, 11) is 0. The van der Waals surface area contributed by atoms with E-state index in [2.05, 4.69) is 80.2 Å². The molecular formula is C50H66BN24O22. The Labute approximate surface area is 550 Å². The Morgan fingerprint density at radius 1 is 0.423 bits per heavy atom. The lowest BCUT2D eigenvalue weighted by Crippen LogP contribution is -2.65. The van der Waals surface area contributed by atoms with Crippen molar-refractivity contribution >= 4 is 50.2 Å². The third-order valence-corrected chi connectivity index (χ3v) is 14.6. The van der Waals surface area contributed by atoms with Crippen LogP contribution in [0.15, 0.2) is 71.2 Å². The summed E-state index contributed by atoms with van der Waals surface area (Å²) in [6, 6.07) is -2.71. The lowest BCUT2D eigenvalue weighted by Gasteiger charge is -2.48. The molecule has 5 fully saturated rings. The summed E-state index contributed by atoms with van der Waals surface area (Å²) in [6.45, 7) is 4.85. The Morgan fingerprint density at radius 3 is 1.27 bits per heavy atom. The van der Waals surface area contributed by atoms with E-state index in [1.54, 1.807) is 13.0 Å². The summed E-state index contributed by atoms with van der Waals surface area (Å²) in [5, 5.41) is 29.8. The van der Waals surface area contributed by atoms with Gasteiger partial charge in [0.25, 0.3) is 0 Å². The monoisotopic (exact) mass is 1370 g/mol. The standard InChI is InChI=1S/C49H60N24O22.CH4.B.H2/c1-8-27-31(62-70-54)32(63-71-55)42(92-45(80)24-12-10-9-11-13-24)48(88-27)81-17-30-39(94-47-34(65-73-57)41(86-22(6)78)38(84-20(4)76)29(90-47)16-59-67-51)44(87-23(7)79)49(91-30)95-43-35(82-18(2)74)25(60-68-52)14-26(61-69-53)36(43)93-46-33(64-72-56)40(85-21(5)77)37(83-19(3)75)28(89-46)15-58-66-50;;;/h9-13,25-44,46-49H,8,14-17H2,1-7H3;1H4;;1H/t25-,26?,27?,28?,29+,30-,31+,32+,33?,34?,35?,36-,37-,38-,39+,40-,41?,42?,43-,44?,46-,47-,48-,49+;;;/m1.../s1/i;;;1+1. The lowest BCUT2D eigenvalue weighted by atomic mass is 9.83. The molecule has 0 N–H and O–H groups in total. The highest BCUT2D eigenvalue weighted by atomic mass is 16.8. The summed E-state index contributed by atoms with van der Waals surface area (Å²) in [5.41, 5.74) is 78.5. The maximum Gasteiger partial charge on any atom is 0.338 e. The number of rotatable bonds is 28. The van der Waals surface area contributed by atoms with E-state index in [9.17, 15) is 77.8 Å². The maximum absolute atomic E-state index is 13.9. The molecule has 1 aliphatic carbocycles. The van der Waals surface area contributed by atoms with Crippen molar-refractivity contribution in [3.63, 3.8) is 0 Å². The van der Waals surface area contributed by atoms with Crippen molar-refractivity contribution in [3.05, 3.63) is 119 Å². The van der Waals surface area contributed by atoms with E-state index in [0.717, 1.165) is 41.5 Å². The van der Waals surface area contributed by atoms with Crippen LogP contribution in [-0.2, 0) is 99.8 Å². The molecule has 5 aliphatic rings. The number of carbonyl (C=O) groups is 7. The molecule has 24 atom stereocenters. The Bertz CT molecular complexity index is 3390. The highest BCUT2D eigenvalue weighted by Gasteiger charge is 2.60. The van der Waals surface area contributed by atoms with Gasteiger partial charge in [0, 0.05) is 90.7 Å². The predicted molar refractivity (Wildman–Crippen MR) is 319 cm³/mol. The fourth-order valence-corrected chi connectivity index (χ4v) is 11.1. The number of azide groups is 8. The Balaban J connectivity index is 0.00000833. The van der Waals surface area contributed by atoms with Crippen molar-refractivity contribution in [1.82, 2.24) is 0 Å². The van der Waals surface area contributed by atoms with Gasteiger partial charge < -0.3 is 71.1 Å². The molecule has 1 aromatic rings. The third-order valence-electron chi connectivity index (χ3n) is 14.6. The zero-order valence-electron chi connectivity index (χ0n) is 51.6. The molecule has 46 nitrogen and oxygen atoms in total. The summed E-state index contributed by atoms with van der Waals surface area (Å²) >= 11 is 0. The Kier molecular flexibility index (Phi) is 31.3. The van der Waals surface area contributed by atoms with Gasteiger partial charge in [-0.15, -0.1) is 0 Å². The molecule has 1 aromatic carbocycles. The summed E-state index contributed by atoms with van der Waals surface area (Å²) in [6.07, 6.45) is -34.2. The second-order valence-corrected chi connectivity index (χ2v) is 20.8. The molecule has 4 heterocycles. The number of hydrogen-bond acceptors (Lipinski definition) is 30. The van der Waals surface area contributed by atoms with Crippen LogP contribution in [0, 0.1) is 0 Å². The van der Waals surface area contributed by atoms with Crippen LogP contribution in [-0.4, -0.2) is 217 Å². The van der Waals surface area contributed by atoms with Crippen LogP contribution < -0.4 is 0 Å². The number of ether oxygens (including phenoxy) is 15. The Morgan fingerprint density at radius 2 is 0.814 bits per heavy atom. The number of benzene rings is 1. The molecule has 47 heteroatoms. The van der Waals surface area contributed by atoms with E-state index in [-0.39, 0.29) is 29.3 Å². The first kappa shape index (κ1) is 79.2. The average molecular weight is 1370 g/mol. The fourth-order valence-electron chi connectivity index (χ4n) is 11.1. The van der Waals surface area contributed by atoms with Gasteiger partial charge in [0.1, 0.15) is 48.7 Å². The molecule has 0 spiro atoms. The van der Waals surface area contributed by atoms with E-state index in [1.165, 1.54) is 24.3 Å². The maximum atomic E-state index is 13.9. The van der Waals surface area contributed by atoms with Crippen LogP contribution in [0.1, 0.15) is 80.5 Å². The first-order chi connectivity index (χ1) is 45.6. The number of hydrogen-bond donors (Lipinski definition) is 0. The normalized spacial score (nSPS) is 32.9. The second-order valence-electron chi connectivity index (χ2n) is 20.8. The van der Waals surface area contributed by atoms with E-state index in [0.29, 0.717) is 0 Å². The molecule has 6 rings (SSSR count). The van der Waals surface area contributed by atoms with Gasteiger partial charge >= 0.3 is 41.8 Å². The smallest absolute Gasteiger partial charge is 0.338 e. The molecule has 4 aliphatic heterocycles. The first-order valence-electron chi connectivity index (χ1n) is 28.4. The highest BCUT2D eigenvalue weighted by molar-refractivity contribution is 5.89. The quantitative estimate of drug-likeness (QED) is 0.0206. The average Bonchev–Trinajstić information content (AvgIpc) is 1.71. The van der Waals surface area contributed by atoms with Gasteiger partial charge in [-0.3, -0.25) is 28.8 Å². The molecule has 521 valence electrons. The topological polar surface area (TPSA) is 648 Å². The van der Waals surface area contributed by atoms with Crippen molar-refractivity contribution < 1.29 is 106 Å². The predicted octanol–water partition coefficient (Wildman–Crippen LogP) is 6.88. The first-order valence-corrected chi connectivity index (χ1v) is 28.4. The minimum atomic E-state index is -2.23. The molecular weight excluding hydrogens is 1300 g/mol. The van der Waals surface area contributed by atoms with Crippen LogP contribution in [0.25, 0.3) is 83.5 Å². The molecule has 3 radical (unpaired) electrons. The molecule has 0 bridgehead atoms. The number of esters is 7. The van der Waals surface area contributed by atoms with Gasteiger partial charge in [-0.25, -0.2) is 4.79 Å². The lowest BCUT2D eigenvalue weighted by molar-refractivity contribution is -0.310. The molecule has 0 amide bonds. The van der Waals surface area contributed by atoms with Crippen LogP contribution >= 0.6 is 0 Å². The molecule has 9 unspecified atom stereocenters. The van der Waals surface area contributed by atoms with Crippen LogP contribution in [0.2, 0.25) is 0 Å². The van der Waals surface area contributed by atoms with Gasteiger partial charge in [0.05, 0.1) is 61.6 Å². The van der Waals surface area contributed by atoms with Gasteiger partial charge in [0.2, 0.25) is 0 Å². The molecule has 97 heavy (non-hydrogen) atoms. The Hall–Kier alpha value is -10.3. The SMILES string of the molecule is C.CCC1O[C@@H](OC[C@H]2O[C@@H](O[C@@H]3C(OC(C)=O)[C@H](N=[N+]=[N-])CC(N=[N+]=[N-])[C@H]3O[C@H]3OC(CN=[N+]=[N-])[C@@H](OC(C)=O)[C@H](OC(C)=O)C3N=[N+]=[N-])C(OC(C)=O)[C@H]2O[C@H]2O[C@@H](CN=[N+]=[N-])[C@@H](OC(C)=O)C(OC(C)=O)C2N=[N+]=[N-])C(OC(=O)c2ccccc2)[C@@H](N=[N+]=[N-])[C@H]1N=[N+]=[N-].[2HH].[B]. The largest absolute Gasteiger partial charge is 0.459 e. The highest BCUT2D eigenvalue weighted by Crippen LogP contribution is 2.42. The summed E-state index contributed by atoms with van der Waals surface area (Å²) < 4.78 is 91.2. The van der Waals surface area contributed by atoms with Crippen LogP contribution in [0.5, 0.6) is 0 Å². The molecule has 1 saturated carbocycles. The second kappa shape index (κ2) is 38.3. The van der Waals surface area contributed by atoms with Crippen molar-refractivity contribution in [3.8, 4) is 0 Å². The zero-order valence-corrected chi connectivity index (χ0v) is 51.6. The van der Waals surface area contributed by atoms with Gasteiger partial charge in [-0.1, -0.05) is 73.5 Å². The number of carbonyl (C=O) groups excluding carboxylic acids is 7. The van der Waals surface area contributed by atoms with Crippen LogP contribution in [0.4, 0.5) is 0 Å². The van der Waals surface area contributed by atoms with E-state index in [4.69, 9.17) is 71.1 Å². The van der Waals surface area contributed by atoms with Crippen molar-refractivity contribution in [2.24, 2.45) is 40.9 Å². The molecule has 4 saturated heterocycles. The van der Waals surface area contributed by atoms with E-state index >= 15 is 0 Å². The zero-order chi connectivity index (χ0) is 69.5. The fraction of sp³-hybridized carbons (Fsp3) is 0.740. The van der Waals surface area contributed by atoms with Crippen molar-refractivity contribution in [1.29, 1.82) is 0 Å². The minimum Gasteiger partial charge on any atom is -0.459 e. The van der Waals surface area contributed by atoms with Crippen molar-refractivity contribution in [2.45, 2.75) is 216 Å². The number of nitrogens with zero attached hydrogens (tertiary/aromatic N) is 24. The minimum absolute atomic E-state index is 0. The summed E-state index contributed by atoms with van der Waals surface area (Å²) in [4.78, 5) is 114. The van der Waals surface area contributed by atoms with Gasteiger partial charge in [-0.05, 0) is 69.2 Å².